The summed E-state index contributed by atoms with van der Waals surface area (Å²) in [6.07, 6.45) is 3.63. The molecule has 0 spiro atoms. The summed E-state index contributed by atoms with van der Waals surface area (Å²) in [4.78, 5) is 2.60. The molecule has 0 unspecified atom stereocenters. The molecule has 0 aromatic heterocycles. The van der Waals surface area contributed by atoms with Crippen LogP contribution in [0.25, 0.3) is 0 Å². The molecule has 0 radical (unpaired) electrons. The normalized spacial score (nSPS) is 15.3. The van der Waals surface area contributed by atoms with E-state index in [4.69, 9.17) is 9.47 Å². The Morgan fingerprint density at radius 3 is 2.35 bits per heavy atom. The van der Waals surface area contributed by atoms with E-state index in [1.54, 1.807) is 14.2 Å². The molecule has 0 saturated carbocycles. The van der Waals surface area contributed by atoms with Crippen molar-refractivity contribution in [1.82, 2.24) is 10.2 Å². The van der Waals surface area contributed by atoms with Crippen molar-refractivity contribution < 1.29 is 9.47 Å². The largest absolute Gasteiger partial charge is 0.493 e. The monoisotopic (exact) mass is 406 g/mol. The van der Waals surface area contributed by atoms with Crippen molar-refractivity contribution in [2.75, 3.05) is 33.9 Å². The highest BCUT2D eigenvalue weighted by Crippen LogP contribution is 2.34. The Labute approximate surface area is 154 Å². The van der Waals surface area contributed by atoms with Gasteiger partial charge in [-0.3, -0.25) is 4.90 Å². The molecule has 2 rings (SSSR count). The molecule has 1 fully saturated rings. The number of methoxy groups -OCH3 is 2. The average Bonchev–Trinajstić information content (AvgIpc) is 2.56. The van der Waals surface area contributed by atoms with Gasteiger partial charge in [0.25, 0.3) is 0 Å². The quantitative estimate of drug-likeness (QED) is 0.744. The Kier molecular flexibility index (Phi) is 9.29. The Bertz CT molecular complexity index is 482. The van der Waals surface area contributed by atoms with E-state index in [2.05, 4.69) is 39.1 Å². The molecule has 6 heteroatoms. The second-order valence-corrected chi connectivity index (χ2v) is 6.60. The van der Waals surface area contributed by atoms with Crippen molar-refractivity contribution >= 4 is 28.3 Å². The smallest absolute Gasteiger partial charge is 0.161 e. The maximum atomic E-state index is 5.44. The summed E-state index contributed by atoms with van der Waals surface area (Å²) >= 11 is 3.68. The number of benzene rings is 1. The lowest BCUT2D eigenvalue weighted by atomic mass is 10.0. The van der Waals surface area contributed by atoms with Gasteiger partial charge in [0, 0.05) is 17.1 Å². The number of ether oxygens (including phenoxy) is 2. The van der Waals surface area contributed by atoms with E-state index in [0.29, 0.717) is 6.04 Å². The molecule has 0 aliphatic carbocycles. The van der Waals surface area contributed by atoms with Crippen LogP contribution >= 0.6 is 28.3 Å². The fraction of sp³-hybridized carbons (Fsp3) is 0.647. The van der Waals surface area contributed by atoms with Gasteiger partial charge in [0.15, 0.2) is 11.5 Å². The molecule has 4 nitrogen and oxygen atoms in total. The SMILES string of the molecule is CCCN(Cc1cc(OC)c(OC)cc1Br)C1CCNCC1.Cl. The molecule has 0 bridgehead atoms. The first-order valence-electron chi connectivity index (χ1n) is 8.04. The lowest BCUT2D eigenvalue weighted by Crippen LogP contribution is -2.43. The van der Waals surface area contributed by atoms with Crippen molar-refractivity contribution in [3.63, 3.8) is 0 Å². The highest BCUT2D eigenvalue weighted by atomic mass is 79.9. The van der Waals surface area contributed by atoms with Crippen molar-refractivity contribution in [2.24, 2.45) is 0 Å². The number of hydrogen-bond donors (Lipinski definition) is 1. The lowest BCUT2D eigenvalue weighted by Gasteiger charge is -2.35. The second kappa shape index (κ2) is 10.4. The van der Waals surface area contributed by atoms with Gasteiger partial charge >= 0.3 is 0 Å². The highest BCUT2D eigenvalue weighted by Gasteiger charge is 2.21. The van der Waals surface area contributed by atoms with Crippen LogP contribution in [0.4, 0.5) is 0 Å². The topological polar surface area (TPSA) is 33.7 Å². The average molecular weight is 408 g/mol. The van der Waals surface area contributed by atoms with Crippen LogP contribution in [-0.4, -0.2) is 44.8 Å². The predicted molar refractivity (Wildman–Crippen MR) is 101 cm³/mol. The zero-order valence-corrected chi connectivity index (χ0v) is 16.6. The molecule has 1 aliphatic heterocycles. The van der Waals surface area contributed by atoms with Crippen LogP contribution in [0.5, 0.6) is 11.5 Å². The summed E-state index contributed by atoms with van der Waals surface area (Å²) in [5, 5.41) is 3.45. The van der Waals surface area contributed by atoms with Crippen molar-refractivity contribution in [2.45, 2.75) is 38.8 Å². The van der Waals surface area contributed by atoms with Crippen LogP contribution in [0.1, 0.15) is 31.7 Å². The van der Waals surface area contributed by atoms with E-state index in [1.807, 2.05) is 6.07 Å². The highest BCUT2D eigenvalue weighted by molar-refractivity contribution is 9.10. The molecule has 23 heavy (non-hydrogen) atoms. The van der Waals surface area contributed by atoms with Crippen molar-refractivity contribution in [1.29, 1.82) is 0 Å². The molecular formula is C17H28BrClN2O2. The Morgan fingerprint density at radius 2 is 1.78 bits per heavy atom. The molecule has 0 amide bonds. The van der Waals surface area contributed by atoms with Crippen LogP contribution in [0.3, 0.4) is 0 Å². The summed E-state index contributed by atoms with van der Waals surface area (Å²) < 4.78 is 11.9. The maximum absolute atomic E-state index is 5.44. The zero-order valence-electron chi connectivity index (χ0n) is 14.2. The van der Waals surface area contributed by atoms with E-state index < -0.39 is 0 Å². The molecule has 1 heterocycles. The third kappa shape index (κ3) is 5.52. The first-order chi connectivity index (χ1) is 10.7. The third-order valence-electron chi connectivity index (χ3n) is 4.26. The van der Waals surface area contributed by atoms with Crippen LogP contribution < -0.4 is 14.8 Å². The van der Waals surface area contributed by atoms with Gasteiger partial charge in [-0.2, -0.15) is 0 Å². The summed E-state index contributed by atoms with van der Waals surface area (Å²) in [7, 11) is 3.36. The van der Waals surface area contributed by atoms with Gasteiger partial charge in [-0.25, -0.2) is 0 Å². The standard InChI is InChI=1S/C17H27BrN2O2.ClH/c1-4-9-20(14-5-7-19-8-6-14)12-13-10-16(21-2)17(22-3)11-15(13)18;/h10-11,14,19H,4-9,12H2,1-3H3;1H. The predicted octanol–water partition coefficient (Wildman–Crippen LogP) is 3.85. The number of rotatable bonds is 7. The van der Waals surface area contributed by atoms with Crippen LogP contribution in [0.15, 0.2) is 16.6 Å². The van der Waals surface area contributed by atoms with Gasteiger partial charge in [-0.15, -0.1) is 12.4 Å². The van der Waals surface area contributed by atoms with E-state index in [9.17, 15) is 0 Å². The van der Waals surface area contributed by atoms with Gasteiger partial charge in [-0.05, 0) is 56.6 Å². The molecule has 1 aromatic carbocycles. The molecule has 1 N–H and O–H groups in total. The van der Waals surface area contributed by atoms with E-state index in [-0.39, 0.29) is 12.4 Å². The van der Waals surface area contributed by atoms with E-state index in [0.717, 1.165) is 42.2 Å². The minimum atomic E-state index is 0. The Balaban J connectivity index is 0.00000264. The molecule has 1 saturated heterocycles. The molecule has 132 valence electrons. The summed E-state index contributed by atoms with van der Waals surface area (Å²) in [5.74, 6) is 1.56. The number of halogens is 2. The minimum Gasteiger partial charge on any atom is -0.493 e. The van der Waals surface area contributed by atoms with E-state index in [1.165, 1.54) is 24.8 Å². The first-order valence-corrected chi connectivity index (χ1v) is 8.84. The number of hydrogen-bond acceptors (Lipinski definition) is 4. The maximum Gasteiger partial charge on any atom is 0.161 e. The number of nitrogens with zero attached hydrogens (tertiary/aromatic N) is 1. The number of nitrogens with one attached hydrogen (secondary N) is 1. The van der Waals surface area contributed by atoms with Gasteiger partial charge in [0.1, 0.15) is 0 Å². The van der Waals surface area contributed by atoms with Crippen molar-refractivity contribution in [3.8, 4) is 11.5 Å². The van der Waals surface area contributed by atoms with E-state index >= 15 is 0 Å². The van der Waals surface area contributed by atoms with Crippen LogP contribution in [0.2, 0.25) is 0 Å². The van der Waals surface area contributed by atoms with Crippen LogP contribution in [0, 0.1) is 0 Å². The molecule has 1 aromatic rings. The molecular weight excluding hydrogens is 380 g/mol. The van der Waals surface area contributed by atoms with Gasteiger partial charge in [0.05, 0.1) is 14.2 Å². The zero-order chi connectivity index (χ0) is 15.9. The first kappa shape index (κ1) is 20.6. The van der Waals surface area contributed by atoms with Gasteiger partial charge in [0.2, 0.25) is 0 Å². The fourth-order valence-corrected chi connectivity index (χ4v) is 3.53. The molecule has 0 atom stereocenters. The lowest BCUT2D eigenvalue weighted by molar-refractivity contribution is 0.153. The minimum absolute atomic E-state index is 0. The second-order valence-electron chi connectivity index (χ2n) is 5.75. The third-order valence-corrected chi connectivity index (χ3v) is 5.00. The Hall–Kier alpha value is -0.490. The Morgan fingerprint density at radius 1 is 1.17 bits per heavy atom. The summed E-state index contributed by atoms with van der Waals surface area (Å²) in [6, 6.07) is 4.76. The van der Waals surface area contributed by atoms with Crippen LogP contribution in [-0.2, 0) is 6.54 Å². The molecule has 1 aliphatic rings. The summed E-state index contributed by atoms with van der Waals surface area (Å²) in [5.41, 5.74) is 1.25. The fourth-order valence-electron chi connectivity index (χ4n) is 3.09. The van der Waals surface area contributed by atoms with Gasteiger partial charge < -0.3 is 14.8 Å². The van der Waals surface area contributed by atoms with Crippen molar-refractivity contribution in [3.05, 3.63) is 22.2 Å². The van der Waals surface area contributed by atoms with Gasteiger partial charge in [-0.1, -0.05) is 22.9 Å². The number of piperidine rings is 1. The summed E-state index contributed by atoms with van der Waals surface area (Å²) in [6.45, 7) is 6.57.